The molecule has 1 unspecified atom stereocenters. The molecule has 9 heteroatoms. The van der Waals surface area contributed by atoms with Crippen LogP contribution in [0.4, 0.5) is 0 Å². The SMILES string of the molecule is CNCc1c(S(=O)(=O)NC(C)c2cn[nH]c2)n[nH]c1C. The second-order valence-electron chi connectivity index (χ2n) is 4.54. The van der Waals surface area contributed by atoms with Crippen LogP contribution >= 0.6 is 0 Å². The van der Waals surface area contributed by atoms with E-state index in [0.717, 1.165) is 11.3 Å². The fraction of sp³-hybridized carbons (Fsp3) is 0.455. The summed E-state index contributed by atoms with van der Waals surface area (Å²) < 4.78 is 27.4. The van der Waals surface area contributed by atoms with E-state index in [4.69, 9.17) is 0 Å². The Labute approximate surface area is 117 Å². The minimum absolute atomic E-state index is 0.0275. The molecule has 0 amide bonds. The Morgan fingerprint density at radius 1 is 1.45 bits per heavy atom. The van der Waals surface area contributed by atoms with Crippen LogP contribution < -0.4 is 10.0 Å². The highest BCUT2D eigenvalue weighted by Gasteiger charge is 2.25. The largest absolute Gasteiger partial charge is 0.316 e. The Morgan fingerprint density at radius 3 is 2.80 bits per heavy atom. The van der Waals surface area contributed by atoms with Crippen molar-refractivity contribution in [2.75, 3.05) is 7.05 Å². The summed E-state index contributed by atoms with van der Waals surface area (Å²) in [5.74, 6) is 0. The van der Waals surface area contributed by atoms with Crippen LogP contribution in [-0.2, 0) is 16.6 Å². The van der Waals surface area contributed by atoms with Gasteiger partial charge < -0.3 is 5.32 Å². The average molecular weight is 298 g/mol. The third-order valence-electron chi connectivity index (χ3n) is 3.00. The molecule has 0 radical (unpaired) electrons. The summed E-state index contributed by atoms with van der Waals surface area (Å²) in [7, 11) is -1.94. The third kappa shape index (κ3) is 2.89. The van der Waals surface area contributed by atoms with Gasteiger partial charge in [0, 0.05) is 35.6 Å². The zero-order chi connectivity index (χ0) is 14.8. The Kier molecular flexibility index (Phi) is 4.21. The lowest BCUT2D eigenvalue weighted by Crippen LogP contribution is -2.28. The molecule has 20 heavy (non-hydrogen) atoms. The molecule has 0 bridgehead atoms. The van der Waals surface area contributed by atoms with Crippen LogP contribution in [0.15, 0.2) is 17.4 Å². The smallest absolute Gasteiger partial charge is 0.260 e. The summed E-state index contributed by atoms with van der Waals surface area (Å²) in [5.41, 5.74) is 2.13. The Balaban J connectivity index is 2.27. The molecule has 2 rings (SSSR count). The number of rotatable bonds is 6. The van der Waals surface area contributed by atoms with Crippen LogP contribution in [0.5, 0.6) is 0 Å². The standard InChI is InChI=1S/C11H18N6O2S/c1-7(9-4-13-14-5-9)17-20(18,19)11-10(6-12-3)8(2)15-16-11/h4-5,7,12,17H,6H2,1-3H3,(H,13,14)(H,15,16). The highest BCUT2D eigenvalue weighted by molar-refractivity contribution is 7.89. The molecule has 110 valence electrons. The molecule has 0 saturated carbocycles. The van der Waals surface area contributed by atoms with E-state index < -0.39 is 16.1 Å². The van der Waals surface area contributed by atoms with Gasteiger partial charge in [0.05, 0.1) is 6.20 Å². The quantitative estimate of drug-likeness (QED) is 0.608. The van der Waals surface area contributed by atoms with Gasteiger partial charge in [0.15, 0.2) is 5.03 Å². The van der Waals surface area contributed by atoms with E-state index in [-0.39, 0.29) is 5.03 Å². The van der Waals surface area contributed by atoms with Crippen LogP contribution in [0.1, 0.15) is 29.8 Å². The van der Waals surface area contributed by atoms with Crippen molar-refractivity contribution in [3.63, 3.8) is 0 Å². The Morgan fingerprint density at radius 2 is 2.20 bits per heavy atom. The van der Waals surface area contributed by atoms with Gasteiger partial charge in [-0.15, -0.1) is 0 Å². The number of nitrogens with zero attached hydrogens (tertiary/aromatic N) is 2. The molecule has 2 aromatic heterocycles. The van der Waals surface area contributed by atoms with Gasteiger partial charge in [-0.3, -0.25) is 10.2 Å². The van der Waals surface area contributed by atoms with Crippen molar-refractivity contribution in [3.8, 4) is 0 Å². The molecular formula is C11H18N6O2S. The van der Waals surface area contributed by atoms with Gasteiger partial charge in [0.2, 0.25) is 0 Å². The Bertz CT molecular complexity index is 661. The van der Waals surface area contributed by atoms with Crippen molar-refractivity contribution >= 4 is 10.0 Å². The van der Waals surface area contributed by atoms with Crippen LogP contribution in [0.3, 0.4) is 0 Å². The van der Waals surface area contributed by atoms with Crippen molar-refractivity contribution in [2.24, 2.45) is 0 Å². The predicted molar refractivity (Wildman–Crippen MR) is 73.4 cm³/mol. The van der Waals surface area contributed by atoms with Gasteiger partial charge in [0.1, 0.15) is 0 Å². The summed E-state index contributed by atoms with van der Waals surface area (Å²) >= 11 is 0. The van der Waals surface area contributed by atoms with Gasteiger partial charge in [-0.1, -0.05) is 0 Å². The lowest BCUT2D eigenvalue weighted by atomic mass is 10.2. The number of aryl methyl sites for hydroxylation is 1. The van der Waals surface area contributed by atoms with Crippen molar-refractivity contribution in [1.29, 1.82) is 0 Å². The topological polar surface area (TPSA) is 116 Å². The third-order valence-corrected chi connectivity index (χ3v) is 4.51. The minimum atomic E-state index is -3.69. The van der Waals surface area contributed by atoms with E-state index in [2.05, 4.69) is 30.4 Å². The van der Waals surface area contributed by atoms with E-state index in [1.807, 2.05) is 0 Å². The fourth-order valence-electron chi connectivity index (χ4n) is 1.89. The minimum Gasteiger partial charge on any atom is -0.316 e. The number of sulfonamides is 1. The molecule has 0 aliphatic rings. The normalized spacial score (nSPS) is 13.6. The predicted octanol–water partition coefficient (Wildman–Crippen LogP) is 0.200. The van der Waals surface area contributed by atoms with Crippen LogP contribution in [0.25, 0.3) is 0 Å². The number of aromatic amines is 2. The summed E-state index contributed by atoms with van der Waals surface area (Å²) in [5, 5.41) is 16.0. The molecule has 1 atom stereocenters. The lowest BCUT2D eigenvalue weighted by Gasteiger charge is -2.12. The number of H-pyrrole nitrogens is 2. The second kappa shape index (κ2) is 5.73. The second-order valence-corrected chi connectivity index (χ2v) is 6.17. The van der Waals surface area contributed by atoms with Gasteiger partial charge in [0.25, 0.3) is 10.0 Å². The Hall–Kier alpha value is -1.71. The molecule has 0 aromatic carbocycles. The first-order valence-corrected chi connectivity index (χ1v) is 7.63. The molecular weight excluding hydrogens is 280 g/mol. The maximum absolute atomic E-state index is 12.4. The van der Waals surface area contributed by atoms with Crippen molar-refractivity contribution in [2.45, 2.75) is 31.5 Å². The van der Waals surface area contributed by atoms with Gasteiger partial charge in [-0.05, 0) is 20.9 Å². The molecule has 0 aliphatic carbocycles. The summed E-state index contributed by atoms with van der Waals surface area (Å²) in [6.45, 7) is 3.97. The molecule has 2 aromatic rings. The number of hydrogen-bond donors (Lipinski definition) is 4. The van der Waals surface area contributed by atoms with Crippen LogP contribution in [0, 0.1) is 6.92 Å². The summed E-state index contributed by atoms with van der Waals surface area (Å²) in [6, 6.07) is -0.391. The number of aromatic nitrogens is 4. The molecule has 4 N–H and O–H groups in total. The van der Waals surface area contributed by atoms with E-state index in [9.17, 15) is 8.42 Å². The fourth-order valence-corrected chi connectivity index (χ4v) is 3.32. The summed E-state index contributed by atoms with van der Waals surface area (Å²) in [6.07, 6.45) is 3.23. The molecule has 0 spiro atoms. The van der Waals surface area contributed by atoms with E-state index in [1.165, 1.54) is 0 Å². The van der Waals surface area contributed by atoms with E-state index >= 15 is 0 Å². The highest BCUT2D eigenvalue weighted by atomic mass is 32.2. The van der Waals surface area contributed by atoms with Gasteiger partial charge in [-0.25, -0.2) is 13.1 Å². The average Bonchev–Trinajstić information content (AvgIpc) is 3.00. The maximum Gasteiger partial charge on any atom is 0.260 e. The van der Waals surface area contributed by atoms with Crippen molar-refractivity contribution < 1.29 is 8.42 Å². The maximum atomic E-state index is 12.4. The first-order valence-electron chi connectivity index (χ1n) is 6.15. The van der Waals surface area contributed by atoms with E-state index in [1.54, 1.807) is 33.3 Å². The van der Waals surface area contributed by atoms with E-state index in [0.29, 0.717) is 12.1 Å². The first-order chi connectivity index (χ1) is 9.45. The molecule has 0 aliphatic heterocycles. The zero-order valence-electron chi connectivity index (χ0n) is 11.6. The zero-order valence-corrected chi connectivity index (χ0v) is 12.4. The van der Waals surface area contributed by atoms with Gasteiger partial charge >= 0.3 is 0 Å². The molecule has 2 heterocycles. The van der Waals surface area contributed by atoms with Crippen LogP contribution in [0.2, 0.25) is 0 Å². The summed E-state index contributed by atoms with van der Waals surface area (Å²) in [4.78, 5) is 0. The van der Waals surface area contributed by atoms with Gasteiger partial charge in [-0.2, -0.15) is 10.2 Å². The molecule has 8 nitrogen and oxygen atoms in total. The van der Waals surface area contributed by atoms with Crippen molar-refractivity contribution in [3.05, 3.63) is 29.2 Å². The number of nitrogens with one attached hydrogen (secondary N) is 4. The number of hydrogen-bond acceptors (Lipinski definition) is 5. The monoisotopic (exact) mass is 298 g/mol. The molecule has 0 fully saturated rings. The lowest BCUT2D eigenvalue weighted by molar-refractivity contribution is 0.561. The van der Waals surface area contributed by atoms with Crippen LogP contribution in [-0.4, -0.2) is 35.9 Å². The molecule has 0 saturated heterocycles. The van der Waals surface area contributed by atoms with Crippen molar-refractivity contribution in [1.82, 2.24) is 30.4 Å². The first kappa shape index (κ1) is 14.7. The highest BCUT2D eigenvalue weighted by Crippen LogP contribution is 2.19.